The molecule has 17 heavy (non-hydrogen) atoms. The van der Waals surface area contributed by atoms with E-state index in [9.17, 15) is 4.79 Å². The van der Waals surface area contributed by atoms with E-state index in [-0.39, 0.29) is 5.91 Å². The van der Waals surface area contributed by atoms with Gasteiger partial charge in [0, 0.05) is 24.3 Å². The molecule has 0 aliphatic carbocycles. The monoisotopic (exact) mass is 317 g/mol. The number of amides is 1. The quantitative estimate of drug-likeness (QED) is 0.791. The number of nitrogens with one attached hydrogen (secondary N) is 2. The van der Waals surface area contributed by atoms with Crippen molar-refractivity contribution in [3.63, 3.8) is 0 Å². The Morgan fingerprint density at radius 1 is 1.59 bits per heavy atom. The van der Waals surface area contributed by atoms with Crippen LogP contribution in [0.2, 0.25) is 0 Å². The molecular formula is C11H16BrN3OS. The van der Waals surface area contributed by atoms with Crippen molar-refractivity contribution in [2.75, 3.05) is 30.9 Å². The predicted molar refractivity (Wildman–Crippen MR) is 76.8 cm³/mol. The summed E-state index contributed by atoms with van der Waals surface area (Å²) in [5, 5.41) is 5.79. The Balaban J connectivity index is 2.64. The number of carbonyl (C=O) groups is 1. The van der Waals surface area contributed by atoms with Crippen molar-refractivity contribution in [3.05, 3.63) is 22.3 Å². The van der Waals surface area contributed by atoms with Gasteiger partial charge in [0.2, 0.25) is 0 Å². The van der Waals surface area contributed by atoms with E-state index >= 15 is 0 Å². The first-order valence-electron chi connectivity index (χ1n) is 5.29. The first-order chi connectivity index (χ1) is 8.19. The van der Waals surface area contributed by atoms with Crippen LogP contribution in [0.1, 0.15) is 16.8 Å². The highest BCUT2D eigenvalue weighted by Gasteiger charge is 2.11. The molecule has 0 unspecified atom stereocenters. The Morgan fingerprint density at radius 2 is 2.35 bits per heavy atom. The van der Waals surface area contributed by atoms with E-state index in [0.717, 1.165) is 16.6 Å². The fraction of sp³-hybridized carbons (Fsp3) is 0.455. The van der Waals surface area contributed by atoms with Crippen molar-refractivity contribution in [2.45, 2.75) is 6.42 Å². The van der Waals surface area contributed by atoms with Gasteiger partial charge in [-0.05, 0) is 40.4 Å². The second kappa shape index (κ2) is 7.55. The lowest BCUT2D eigenvalue weighted by atomic mass is 10.2. The summed E-state index contributed by atoms with van der Waals surface area (Å²) in [6.45, 7) is 0.690. The van der Waals surface area contributed by atoms with E-state index in [1.54, 1.807) is 31.1 Å². The second-order valence-corrected chi connectivity index (χ2v) is 5.30. The molecule has 94 valence electrons. The van der Waals surface area contributed by atoms with E-state index in [1.165, 1.54) is 0 Å². The summed E-state index contributed by atoms with van der Waals surface area (Å²) in [5.74, 6) is 1.55. The number of thioether (sulfide) groups is 1. The van der Waals surface area contributed by atoms with Gasteiger partial charge in [-0.1, -0.05) is 0 Å². The van der Waals surface area contributed by atoms with Gasteiger partial charge in [-0.15, -0.1) is 0 Å². The minimum absolute atomic E-state index is 0.0933. The smallest absolute Gasteiger partial charge is 0.255 e. The average Bonchev–Trinajstić information content (AvgIpc) is 2.34. The number of rotatable bonds is 6. The third kappa shape index (κ3) is 4.55. The number of hydrogen-bond donors (Lipinski definition) is 2. The standard InChI is InChI=1S/C11H16BrN3OS/c1-13-10-9(6-8(12)7-15-10)11(16)14-4-3-5-17-2/h6-7H,3-5H2,1-2H3,(H,13,15)(H,14,16). The van der Waals surface area contributed by atoms with Gasteiger partial charge in [-0.2, -0.15) is 11.8 Å². The third-order valence-electron chi connectivity index (χ3n) is 2.15. The van der Waals surface area contributed by atoms with E-state index < -0.39 is 0 Å². The number of anilines is 1. The third-order valence-corrected chi connectivity index (χ3v) is 3.28. The Labute approximate surface area is 114 Å². The molecule has 0 fully saturated rings. The molecule has 4 nitrogen and oxygen atoms in total. The first-order valence-corrected chi connectivity index (χ1v) is 7.48. The Bertz CT molecular complexity index is 387. The lowest BCUT2D eigenvalue weighted by Crippen LogP contribution is -2.26. The summed E-state index contributed by atoms with van der Waals surface area (Å²) in [4.78, 5) is 16.1. The molecule has 0 aromatic carbocycles. The van der Waals surface area contributed by atoms with Gasteiger partial charge in [-0.25, -0.2) is 4.98 Å². The second-order valence-electron chi connectivity index (χ2n) is 3.40. The maximum Gasteiger partial charge on any atom is 0.255 e. The van der Waals surface area contributed by atoms with Gasteiger partial charge in [0.05, 0.1) is 5.56 Å². The first kappa shape index (κ1) is 14.3. The molecule has 0 spiro atoms. The molecule has 0 aliphatic rings. The zero-order chi connectivity index (χ0) is 12.7. The zero-order valence-electron chi connectivity index (χ0n) is 9.92. The van der Waals surface area contributed by atoms with Gasteiger partial charge in [0.25, 0.3) is 5.91 Å². The van der Waals surface area contributed by atoms with Crippen LogP contribution in [0.3, 0.4) is 0 Å². The van der Waals surface area contributed by atoms with E-state index in [1.807, 2.05) is 0 Å². The molecule has 0 saturated carbocycles. The number of nitrogens with zero attached hydrogens (tertiary/aromatic N) is 1. The van der Waals surface area contributed by atoms with Crippen LogP contribution in [-0.2, 0) is 0 Å². The number of aromatic nitrogens is 1. The number of halogens is 1. The Kier molecular flexibility index (Phi) is 6.36. The van der Waals surface area contributed by atoms with Crippen LogP contribution in [0.15, 0.2) is 16.7 Å². The molecule has 0 saturated heterocycles. The predicted octanol–water partition coefficient (Wildman–Crippen LogP) is 2.37. The summed E-state index contributed by atoms with van der Waals surface area (Å²) in [6.07, 6.45) is 4.69. The maximum atomic E-state index is 11.9. The zero-order valence-corrected chi connectivity index (χ0v) is 12.3. The normalized spacial score (nSPS) is 10.1. The van der Waals surface area contributed by atoms with Crippen molar-refractivity contribution in [3.8, 4) is 0 Å². The lowest BCUT2D eigenvalue weighted by molar-refractivity contribution is 0.0954. The summed E-state index contributed by atoms with van der Waals surface area (Å²) < 4.78 is 0.797. The summed E-state index contributed by atoms with van der Waals surface area (Å²) in [5.41, 5.74) is 0.561. The van der Waals surface area contributed by atoms with Gasteiger partial charge < -0.3 is 10.6 Å². The number of pyridine rings is 1. The van der Waals surface area contributed by atoms with Gasteiger partial charge in [-0.3, -0.25) is 4.79 Å². The van der Waals surface area contributed by atoms with Gasteiger partial charge >= 0.3 is 0 Å². The molecule has 1 aromatic rings. The highest BCUT2D eigenvalue weighted by Crippen LogP contribution is 2.17. The molecule has 0 bridgehead atoms. The minimum Gasteiger partial charge on any atom is -0.372 e. The van der Waals surface area contributed by atoms with Gasteiger partial charge in [0.1, 0.15) is 5.82 Å². The number of hydrogen-bond acceptors (Lipinski definition) is 4. The Hall–Kier alpha value is -0.750. The average molecular weight is 318 g/mol. The molecule has 1 rings (SSSR count). The van der Waals surface area contributed by atoms with E-state index in [2.05, 4.69) is 37.8 Å². The van der Waals surface area contributed by atoms with Crippen LogP contribution in [0.4, 0.5) is 5.82 Å². The fourth-order valence-corrected chi connectivity index (χ4v) is 2.09. The highest BCUT2D eigenvalue weighted by atomic mass is 79.9. The van der Waals surface area contributed by atoms with Gasteiger partial charge in [0.15, 0.2) is 0 Å². The molecule has 2 N–H and O–H groups in total. The van der Waals surface area contributed by atoms with Crippen molar-refractivity contribution in [2.24, 2.45) is 0 Å². The number of carbonyl (C=O) groups excluding carboxylic acids is 1. The summed E-state index contributed by atoms with van der Waals surface area (Å²) in [7, 11) is 1.75. The highest BCUT2D eigenvalue weighted by molar-refractivity contribution is 9.10. The molecule has 0 aliphatic heterocycles. The molecule has 1 heterocycles. The molecule has 1 aromatic heterocycles. The minimum atomic E-state index is -0.0933. The van der Waals surface area contributed by atoms with Crippen LogP contribution < -0.4 is 10.6 Å². The maximum absolute atomic E-state index is 11.9. The molecule has 0 radical (unpaired) electrons. The topological polar surface area (TPSA) is 54.0 Å². The summed E-state index contributed by atoms with van der Waals surface area (Å²) in [6, 6.07) is 1.77. The molecule has 1 amide bonds. The van der Waals surface area contributed by atoms with Crippen molar-refractivity contribution in [1.82, 2.24) is 10.3 Å². The lowest BCUT2D eigenvalue weighted by Gasteiger charge is -2.09. The van der Waals surface area contributed by atoms with E-state index in [4.69, 9.17) is 0 Å². The molecule has 6 heteroatoms. The molecule has 0 atom stereocenters. The SMILES string of the molecule is CNc1ncc(Br)cc1C(=O)NCCCSC. The van der Waals surface area contributed by atoms with Crippen LogP contribution in [-0.4, -0.2) is 36.5 Å². The summed E-state index contributed by atoms with van der Waals surface area (Å²) >= 11 is 5.09. The van der Waals surface area contributed by atoms with Crippen molar-refractivity contribution < 1.29 is 4.79 Å². The van der Waals surface area contributed by atoms with Crippen LogP contribution >= 0.6 is 27.7 Å². The Morgan fingerprint density at radius 3 is 3.00 bits per heavy atom. The molecular weight excluding hydrogens is 302 g/mol. The van der Waals surface area contributed by atoms with Crippen LogP contribution in [0, 0.1) is 0 Å². The van der Waals surface area contributed by atoms with E-state index in [0.29, 0.717) is 17.9 Å². The van der Waals surface area contributed by atoms with Crippen molar-refractivity contribution >= 4 is 39.4 Å². The fourth-order valence-electron chi connectivity index (χ4n) is 1.33. The van der Waals surface area contributed by atoms with Crippen molar-refractivity contribution in [1.29, 1.82) is 0 Å². The van der Waals surface area contributed by atoms with Crippen LogP contribution in [0.25, 0.3) is 0 Å². The largest absolute Gasteiger partial charge is 0.372 e. The van der Waals surface area contributed by atoms with Crippen LogP contribution in [0.5, 0.6) is 0 Å².